The van der Waals surface area contributed by atoms with Crippen molar-refractivity contribution in [1.82, 2.24) is 30.8 Å². The molecule has 4 heterocycles. The van der Waals surface area contributed by atoms with E-state index in [4.69, 9.17) is 14.5 Å². The molecule has 16 heteroatoms. The standard InChI is InChI=1S/C38H48N8O7S/c47-32-12-11-30(34(49)45-32)46-25-28-27(35(46)50)8-5-9-29(28)43-33(48)24-39-15-6-18-52-20-21-53-19-16-40-36(51)38(13-2-1-3-14-38)23-26-7-4-10-31(42-26)44-37-41-17-22-54-37/h4-5,7-10,17,22,30,39H,1-3,6,11-16,18-21,23-25H2,(H,40,51)(H,43,48)(H,41,42,44)(H,45,47,49). The smallest absolute Gasteiger partial charge is 0.255 e. The van der Waals surface area contributed by atoms with Gasteiger partial charge in [-0.2, -0.15) is 0 Å². The summed E-state index contributed by atoms with van der Waals surface area (Å²) in [5.41, 5.74) is 2.03. The molecule has 0 radical (unpaired) electrons. The van der Waals surface area contributed by atoms with Gasteiger partial charge in [-0.1, -0.05) is 31.4 Å². The van der Waals surface area contributed by atoms with E-state index >= 15 is 0 Å². The lowest BCUT2D eigenvalue weighted by Crippen LogP contribution is -2.52. The van der Waals surface area contributed by atoms with Gasteiger partial charge in [0.15, 0.2) is 5.13 Å². The van der Waals surface area contributed by atoms with E-state index in [1.54, 1.807) is 24.4 Å². The summed E-state index contributed by atoms with van der Waals surface area (Å²) in [5.74, 6) is -0.579. The molecular weight excluding hydrogens is 713 g/mol. The molecule has 1 unspecified atom stereocenters. The van der Waals surface area contributed by atoms with E-state index in [-0.39, 0.29) is 49.6 Å². The van der Waals surface area contributed by atoms with Crippen molar-refractivity contribution in [2.45, 2.75) is 70.4 Å². The molecule has 3 aliphatic rings. The number of pyridine rings is 1. The first kappa shape index (κ1) is 38.9. The Kier molecular flexibility index (Phi) is 13.7. The average molecular weight is 761 g/mol. The van der Waals surface area contributed by atoms with Crippen LogP contribution in [0, 0.1) is 5.41 Å². The largest absolute Gasteiger partial charge is 0.379 e. The third-order valence-corrected chi connectivity index (χ3v) is 10.7. The van der Waals surface area contributed by atoms with Crippen molar-refractivity contribution < 1.29 is 33.4 Å². The third-order valence-electron chi connectivity index (χ3n) is 9.97. The fourth-order valence-corrected chi connectivity index (χ4v) is 7.78. The maximum atomic E-state index is 13.5. The lowest BCUT2D eigenvalue weighted by Gasteiger charge is -2.35. The zero-order valence-corrected chi connectivity index (χ0v) is 31.1. The first-order valence-electron chi connectivity index (χ1n) is 18.6. The lowest BCUT2D eigenvalue weighted by molar-refractivity contribution is -0.137. The van der Waals surface area contributed by atoms with Gasteiger partial charge >= 0.3 is 0 Å². The highest BCUT2D eigenvalue weighted by atomic mass is 32.1. The lowest BCUT2D eigenvalue weighted by atomic mass is 9.70. The molecule has 54 heavy (non-hydrogen) atoms. The van der Waals surface area contributed by atoms with Crippen LogP contribution in [0.15, 0.2) is 48.0 Å². The number of rotatable bonds is 19. The molecule has 5 N–H and O–H groups in total. The van der Waals surface area contributed by atoms with Gasteiger partial charge in [-0.15, -0.1) is 11.3 Å². The molecule has 1 saturated carbocycles. The molecule has 1 aliphatic carbocycles. The van der Waals surface area contributed by atoms with E-state index in [2.05, 4.69) is 31.6 Å². The Labute approximate surface area is 318 Å². The molecule has 1 atom stereocenters. The van der Waals surface area contributed by atoms with Crippen LogP contribution in [0.5, 0.6) is 0 Å². The van der Waals surface area contributed by atoms with Crippen LogP contribution in [0.4, 0.5) is 16.6 Å². The Hall–Kier alpha value is -4.77. The first-order valence-corrected chi connectivity index (χ1v) is 19.5. The summed E-state index contributed by atoms with van der Waals surface area (Å²) in [6.07, 6.45) is 8.33. The van der Waals surface area contributed by atoms with E-state index in [0.717, 1.165) is 48.7 Å². The van der Waals surface area contributed by atoms with Crippen LogP contribution in [-0.4, -0.2) is 96.5 Å². The summed E-state index contributed by atoms with van der Waals surface area (Å²) in [5, 5.41) is 17.3. The second kappa shape index (κ2) is 19.0. The van der Waals surface area contributed by atoms with Crippen LogP contribution < -0.4 is 26.6 Å². The first-order chi connectivity index (χ1) is 26.3. The summed E-state index contributed by atoms with van der Waals surface area (Å²) < 4.78 is 11.4. The van der Waals surface area contributed by atoms with Gasteiger partial charge in [0.05, 0.1) is 31.8 Å². The summed E-state index contributed by atoms with van der Waals surface area (Å²) in [6, 6.07) is 10.2. The summed E-state index contributed by atoms with van der Waals surface area (Å²) in [6.45, 7) is 2.97. The van der Waals surface area contributed by atoms with Gasteiger partial charge in [0.25, 0.3) is 5.91 Å². The molecule has 288 valence electrons. The number of carbonyl (C=O) groups is 5. The molecule has 5 amide bonds. The van der Waals surface area contributed by atoms with Crippen LogP contribution in [0.25, 0.3) is 0 Å². The van der Waals surface area contributed by atoms with Crippen molar-refractivity contribution in [3.8, 4) is 0 Å². The maximum absolute atomic E-state index is 13.5. The van der Waals surface area contributed by atoms with Crippen LogP contribution in [-0.2, 0) is 41.6 Å². The van der Waals surface area contributed by atoms with Crippen LogP contribution in [0.2, 0.25) is 0 Å². The molecular formula is C38H48N8O7S. The Morgan fingerprint density at radius 1 is 0.981 bits per heavy atom. The normalized spacial score (nSPS) is 17.9. The zero-order chi connectivity index (χ0) is 37.8. The van der Waals surface area contributed by atoms with Gasteiger partial charge in [0.1, 0.15) is 11.9 Å². The van der Waals surface area contributed by atoms with Crippen LogP contribution >= 0.6 is 11.3 Å². The molecule has 3 aromatic rings. The number of carbonyl (C=O) groups excluding carboxylic acids is 5. The van der Waals surface area contributed by atoms with Gasteiger partial charge in [-0.25, -0.2) is 9.97 Å². The van der Waals surface area contributed by atoms with Gasteiger partial charge < -0.3 is 35.6 Å². The van der Waals surface area contributed by atoms with Gasteiger partial charge in [-0.3, -0.25) is 29.3 Å². The molecule has 6 rings (SSSR count). The minimum absolute atomic E-state index is 0.0579. The molecule has 15 nitrogen and oxygen atoms in total. The number of piperidine rings is 1. The van der Waals surface area contributed by atoms with Gasteiger partial charge in [-0.05, 0) is 56.5 Å². The number of aromatic nitrogens is 2. The molecule has 2 aliphatic heterocycles. The molecule has 2 aromatic heterocycles. The Morgan fingerprint density at radius 3 is 2.59 bits per heavy atom. The third kappa shape index (κ3) is 10.3. The van der Waals surface area contributed by atoms with E-state index in [1.165, 1.54) is 16.2 Å². The van der Waals surface area contributed by atoms with Crippen LogP contribution in [0.1, 0.15) is 73.0 Å². The number of nitrogens with one attached hydrogen (secondary N) is 5. The van der Waals surface area contributed by atoms with Gasteiger partial charge in [0.2, 0.25) is 23.6 Å². The number of nitrogens with zero attached hydrogens (tertiary/aromatic N) is 3. The molecule has 1 aromatic carbocycles. The van der Waals surface area contributed by atoms with Crippen LogP contribution in [0.3, 0.4) is 0 Å². The Morgan fingerprint density at radius 2 is 1.80 bits per heavy atom. The maximum Gasteiger partial charge on any atom is 0.255 e. The minimum Gasteiger partial charge on any atom is -0.379 e. The number of amides is 5. The fourth-order valence-electron chi connectivity index (χ4n) is 7.25. The monoisotopic (exact) mass is 760 g/mol. The minimum atomic E-state index is -0.717. The Bertz CT molecular complexity index is 1780. The number of hydrogen-bond acceptors (Lipinski definition) is 12. The van der Waals surface area contributed by atoms with Crippen molar-refractivity contribution in [1.29, 1.82) is 0 Å². The highest BCUT2D eigenvalue weighted by Crippen LogP contribution is 2.39. The van der Waals surface area contributed by atoms with E-state index in [1.807, 2.05) is 23.6 Å². The van der Waals surface area contributed by atoms with Crippen molar-refractivity contribution in [3.63, 3.8) is 0 Å². The summed E-state index contributed by atoms with van der Waals surface area (Å²) in [4.78, 5) is 73.6. The van der Waals surface area contributed by atoms with Crippen molar-refractivity contribution in [2.24, 2.45) is 5.41 Å². The van der Waals surface area contributed by atoms with Gasteiger partial charge in [0, 0.05) is 66.6 Å². The number of imide groups is 1. The molecule has 0 bridgehead atoms. The predicted octanol–water partition coefficient (Wildman–Crippen LogP) is 3.30. The Balaban J connectivity index is 0.819. The second-order valence-electron chi connectivity index (χ2n) is 13.8. The summed E-state index contributed by atoms with van der Waals surface area (Å²) >= 11 is 1.51. The quantitative estimate of drug-likeness (QED) is 0.0890. The average Bonchev–Trinajstić information content (AvgIpc) is 3.80. The molecule has 2 fully saturated rings. The number of thiazole rings is 1. The highest BCUT2D eigenvalue weighted by Gasteiger charge is 2.41. The number of hydrogen-bond donors (Lipinski definition) is 5. The SMILES string of the molecule is O=C1CCC(N2Cc3c(NC(=O)CNCCCOCCOCCNC(=O)C4(Cc5cccc(Nc6nccs6)n5)CCCCC4)cccc3C2=O)C(=O)N1. The van der Waals surface area contributed by atoms with Crippen molar-refractivity contribution in [2.75, 3.05) is 56.7 Å². The second-order valence-corrected chi connectivity index (χ2v) is 14.7. The predicted molar refractivity (Wildman–Crippen MR) is 202 cm³/mol. The fraction of sp³-hybridized carbons (Fsp3) is 0.500. The number of benzene rings is 1. The zero-order valence-electron chi connectivity index (χ0n) is 30.3. The van der Waals surface area contributed by atoms with E-state index in [0.29, 0.717) is 69.2 Å². The highest BCUT2D eigenvalue weighted by molar-refractivity contribution is 7.13. The number of anilines is 3. The number of fused-ring (bicyclic) bond motifs is 1. The number of ether oxygens (including phenoxy) is 2. The van der Waals surface area contributed by atoms with E-state index in [9.17, 15) is 24.0 Å². The molecule has 1 saturated heterocycles. The topological polar surface area (TPSA) is 193 Å². The van der Waals surface area contributed by atoms with Crippen molar-refractivity contribution >= 4 is 57.5 Å². The van der Waals surface area contributed by atoms with Crippen molar-refractivity contribution in [3.05, 3.63) is 64.8 Å². The summed E-state index contributed by atoms with van der Waals surface area (Å²) in [7, 11) is 0. The van der Waals surface area contributed by atoms with E-state index < -0.39 is 17.4 Å². The molecule has 0 spiro atoms.